The van der Waals surface area contributed by atoms with Crippen LogP contribution in [0.3, 0.4) is 0 Å². The number of rotatable bonds is 3. The van der Waals surface area contributed by atoms with Crippen molar-refractivity contribution in [3.05, 3.63) is 54.1 Å². The van der Waals surface area contributed by atoms with Crippen LogP contribution in [0, 0.1) is 0 Å². The molecular weight excluding hydrogens is 204 g/mol. The van der Waals surface area contributed by atoms with E-state index >= 15 is 0 Å². The molecular formula is C12H12N2O2. The molecule has 82 valence electrons. The predicted molar refractivity (Wildman–Crippen MR) is 59.1 cm³/mol. The fraction of sp³-hybridized carbons (Fsp3) is 0.167. The summed E-state index contributed by atoms with van der Waals surface area (Å²) in [4.78, 5) is 7.98. The molecule has 0 bridgehead atoms. The van der Waals surface area contributed by atoms with Crippen LogP contribution in [-0.2, 0) is 0 Å². The molecule has 2 rings (SSSR count). The number of aliphatic hydroxyl groups is 1. The normalized spacial score (nSPS) is 12.1. The number of methoxy groups -OCH3 is 1. The van der Waals surface area contributed by atoms with Crippen LogP contribution in [0.4, 0.5) is 0 Å². The molecule has 0 aliphatic carbocycles. The van der Waals surface area contributed by atoms with Crippen LogP contribution in [0.15, 0.2) is 42.9 Å². The van der Waals surface area contributed by atoms with E-state index in [-0.39, 0.29) is 0 Å². The highest BCUT2D eigenvalue weighted by molar-refractivity contribution is 5.32. The maximum atomic E-state index is 10.1. The average molecular weight is 216 g/mol. The van der Waals surface area contributed by atoms with E-state index in [1.54, 1.807) is 31.8 Å². The number of aliphatic hydroxyl groups excluding tert-OH is 1. The average Bonchev–Trinajstić information content (AvgIpc) is 2.39. The lowest BCUT2D eigenvalue weighted by Crippen LogP contribution is -2.02. The smallest absolute Gasteiger partial charge is 0.123 e. The first-order valence-corrected chi connectivity index (χ1v) is 4.89. The summed E-state index contributed by atoms with van der Waals surface area (Å²) in [5.74, 6) is 0.709. The maximum absolute atomic E-state index is 10.1. The largest absolute Gasteiger partial charge is 0.497 e. The second kappa shape index (κ2) is 4.72. The predicted octanol–water partition coefficient (Wildman–Crippen LogP) is 1.57. The van der Waals surface area contributed by atoms with E-state index in [2.05, 4.69) is 9.97 Å². The van der Waals surface area contributed by atoms with Gasteiger partial charge in [0.25, 0.3) is 0 Å². The van der Waals surface area contributed by atoms with E-state index in [1.807, 2.05) is 18.2 Å². The Kier molecular flexibility index (Phi) is 3.12. The summed E-state index contributed by atoms with van der Waals surface area (Å²) >= 11 is 0. The summed E-state index contributed by atoms with van der Waals surface area (Å²) < 4.78 is 5.09. The van der Waals surface area contributed by atoms with E-state index in [0.717, 1.165) is 5.56 Å². The second-order valence-electron chi connectivity index (χ2n) is 3.31. The van der Waals surface area contributed by atoms with Gasteiger partial charge in [0.1, 0.15) is 11.9 Å². The van der Waals surface area contributed by atoms with Crippen LogP contribution < -0.4 is 4.74 Å². The minimum absolute atomic E-state index is 0.524. The van der Waals surface area contributed by atoms with Gasteiger partial charge in [0, 0.05) is 12.4 Å². The zero-order valence-electron chi connectivity index (χ0n) is 8.87. The van der Waals surface area contributed by atoms with E-state index in [4.69, 9.17) is 4.74 Å². The molecule has 0 spiro atoms. The molecule has 4 heteroatoms. The highest BCUT2D eigenvalue weighted by atomic mass is 16.5. The SMILES string of the molecule is COc1cccc(C(O)c2cnccn2)c1. The molecule has 1 unspecified atom stereocenters. The molecule has 4 nitrogen and oxygen atoms in total. The van der Waals surface area contributed by atoms with Crippen LogP contribution >= 0.6 is 0 Å². The summed E-state index contributed by atoms with van der Waals surface area (Å²) in [6.07, 6.45) is 3.90. The quantitative estimate of drug-likeness (QED) is 0.846. The number of ether oxygens (including phenoxy) is 1. The van der Waals surface area contributed by atoms with Gasteiger partial charge >= 0.3 is 0 Å². The van der Waals surface area contributed by atoms with Gasteiger partial charge in [0.05, 0.1) is 19.0 Å². The van der Waals surface area contributed by atoms with E-state index < -0.39 is 6.10 Å². The van der Waals surface area contributed by atoms with Crippen molar-refractivity contribution in [2.24, 2.45) is 0 Å². The van der Waals surface area contributed by atoms with Crippen LogP contribution in [0.1, 0.15) is 17.4 Å². The first kappa shape index (κ1) is 10.6. The molecule has 0 saturated heterocycles. The van der Waals surface area contributed by atoms with E-state index in [9.17, 15) is 5.11 Å². The van der Waals surface area contributed by atoms with E-state index in [0.29, 0.717) is 11.4 Å². The molecule has 0 radical (unpaired) electrons. The lowest BCUT2D eigenvalue weighted by molar-refractivity contribution is 0.214. The van der Waals surface area contributed by atoms with Crippen molar-refractivity contribution in [1.29, 1.82) is 0 Å². The fourth-order valence-corrected chi connectivity index (χ4v) is 1.43. The van der Waals surface area contributed by atoms with Gasteiger partial charge in [-0.1, -0.05) is 12.1 Å². The van der Waals surface area contributed by atoms with Gasteiger partial charge in [0.2, 0.25) is 0 Å². The first-order valence-electron chi connectivity index (χ1n) is 4.89. The molecule has 1 heterocycles. The standard InChI is InChI=1S/C12H12N2O2/c1-16-10-4-2-3-9(7-10)12(15)11-8-13-5-6-14-11/h2-8,12,15H,1H3. The molecule has 0 saturated carbocycles. The van der Waals surface area contributed by atoms with Gasteiger partial charge in [-0.15, -0.1) is 0 Å². The molecule has 0 amide bonds. The summed E-state index contributed by atoms with van der Waals surface area (Å²) in [5, 5.41) is 10.1. The number of aromatic nitrogens is 2. The molecule has 0 aliphatic rings. The lowest BCUT2D eigenvalue weighted by Gasteiger charge is -2.10. The molecule has 1 aromatic carbocycles. The Morgan fingerprint density at radius 2 is 2.19 bits per heavy atom. The minimum atomic E-state index is -0.774. The Labute approximate surface area is 93.6 Å². The molecule has 1 atom stereocenters. The Balaban J connectivity index is 2.30. The highest BCUT2D eigenvalue weighted by Gasteiger charge is 2.12. The van der Waals surface area contributed by atoms with Gasteiger partial charge in [-0.25, -0.2) is 0 Å². The van der Waals surface area contributed by atoms with Crippen LogP contribution in [0.25, 0.3) is 0 Å². The number of nitrogens with zero attached hydrogens (tertiary/aromatic N) is 2. The Bertz CT molecular complexity index is 460. The van der Waals surface area contributed by atoms with Crippen molar-refractivity contribution in [3.8, 4) is 5.75 Å². The highest BCUT2D eigenvalue weighted by Crippen LogP contribution is 2.22. The number of hydrogen-bond donors (Lipinski definition) is 1. The third-order valence-corrected chi connectivity index (χ3v) is 2.27. The molecule has 1 aromatic heterocycles. The third kappa shape index (κ3) is 2.17. The van der Waals surface area contributed by atoms with Crippen molar-refractivity contribution in [2.45, 2.75) is 6.10 Å². The van der Waals surface area contributed by atoms with Gasteiger partial charge in [-0.05, 0) is 17.7 Å². The van der Waals surface area contributed by atoms with Crippen molar-refractivity contribution in [3.63, 3.8) is 0 Å². The van der Waals surface area contributed by atoms with Crippen molar-refractivity contribution >= 4 is 0 Å². The first-order chi connectivity index (χ1) is 7.81. The Hall–Kier alpha value is -1.94. The van der Waals surface area contributed by atoms with Gasteiger partial charge < -0.3 is 9.84 Å². The topological polar surface area (TPSA) is 55.2 Å². The summed E-state index contributed by atoms with van der Waals surface area (Å²) in [6.45, 7) is 0. The van der Waals surface area contributed by atoms with Crippen molar-refractivity contribution in [2.75, 3.05) is 7.11 Å². The molecule has 16 heavy (non-hydrogen) atoms. The third-order valence-electron chi connectivity index (χ3n) is 2.27. The van der Waals surface area contributed by atoms with Gasteiger partial charge in [0.15, 0.2) is 0 Å². The minimum Gasteiger partial charge on any atom is -0.497 e. The summed E-state index contributed by atoms with van der Waals surface area (Å²) in [5.41, 5.74) is 1.26. The van der Waals surface area contributed by atoms with Crippen LogP contribution in [0.5, 0.6) is 5.75 Å². The fourth-order valence-electron chi connectivity index (χ4n) is 1.43. The molecule has 2 aromatic rings. The monoisotopic (exact) mass is 216 g/mol. The van der Waals surface area contributed by atoms with E-state index in [1.165, 1.54) is 0 Å². The molecule has 0 fully saturated rings. The van der Waals surface area contributed by atoms with Crippen molar-refractivity contribution < 1.29 is 9.84 Å². The summed E-state index contributed by atoms with van der Waals surface area (Å²) in [7, 11) is 1.59. The van der Waals surface area contributed by atoms with Crippen LogP contribution in [0.2, 0.25) is 0 Å². The Morgan fingerprint density at radius 1 is 1.31 bits per heavy atom. The van der Waals surface area contributed by atoms with Crippen LogP contribution in [-0.4, -0.2) is 22.2 Å². The zero-order chi connectivity index (χ0) is 11.4. The van der Waals surface area contributed by atoms with Gasteiger partial charge in [-0.2, -0.15) is 0 Å². The lowest BCUT2D eigenvalue weighted by atomic mass is 10.1. The number of benzene rings is 1. The zero-order valence-corrected chi connectivity index (χ0v) is 8.87. The number of hydrogen-bond acceptors (Lipinski definition) is 4. The van der Waals surface area contributed by atoms with Crippen molar-refractivity contribution in [1.82, 2.24) is 9.97 Å². The maximum Gasteiger partial charge on any atom is 0.123 e. The Morgan fingerprint density at radius 3 is 2.88 bits per heavy atom. The molecule has 1 N–H and O–H groups in total. The second-order valence-corrected chi connectivity index (χ2v) is 3.31. The van der Waals surface area contributed by atoms with Gasteiger partial charge in [-0.3, -0.25) is 9.97 Å². The summed E-state index contributed by atoms with van der Waals surface area (Å²) in [6, 6.07) is 7.25. The molecule has 0 aliphatic heterocycles.